The smallest absolute Gasteiger partial charge is 0.251 e. The second-order valence-electron chi connectivity index (χ2n) is 4.06. The fourth-order valence-electron chi connectivity index (χ4n) is 1.65. The molecule has 0 fully saturated rings. The zero-order chi connectivity index (χ0) is 12.5. The lowest BCUT2D eigenvalue weighted by atomic mass is 10.1. The van der Waals surface area contributed by atoms with E-state index in [0.717, 1.165) is 31.5 Å². The zero-order valence-corrected chi connectivity index (χ0v) is 12.0. The molecule has 0 aliphatic heterocycles. The zero-order valence-electron chi connectivity index (χ0n) is 11.2. The summed E-state index contributed by atoms with van der Waals surface area (Å²) in [5.74, 6) is 0.00551. The van der Waals surface area contributed by atoms with Crippen LogP contribution in [0.3, 0.4) is 0 Å². The molecule has 0 saturated carbocycles. The number of hydrogen-bond acceptors (Lipinski definition) is 2. The van der Waals surface area contributed by atoms with Gasteiger partial charge in [0.25, 0.3) is 5.91 Å². The minimum atomic E-state index is 0. The molecule has 0 aliphatic rings. The minimum Gasteiger partial charge on any atom is -0.351 e. The van der Waals surface area contributed by atoms with Gasteiger partial charge in [-0.1, -0.05) is 32.4 Å². The minimum absolute atomic E-state index is 0. The topological polar surface area (TPSA) is 41.1 Å². The number of amides is 1. The summed E-state index contributed by atoms with van der Waals surface area (Å²) in [6.07, 6.45) is 2.20. The highest BCUT2D eigenvalue weighted by Crippen LogP contribution is 2.06. The SMILES string of the molecule is CCCc1ccc(C(=O)NCCNCC)cc1.Cl. The largest absolute Gasteiger partial charge is 0.351 e. The fourth-order valence-corrected chi connectivity index (χ4v) is 1.65. The standard InChI is InChI=1S/C14H22N2O.ClH/c1-3-5-12-6-8-13(9-7-12)14(17)16-11-10-15-4-2;/h6-9,15H,3-5,10-11H2,1-2H3,(H,16,17);1H. The van der Waals surface area contributed by atoms with Crippen LogP contribution in [0, 0.1) is 0 Å². The van der Waals surface area contributed by atoms with E-state index in [0.29, 0.717) is 6.54 Å². The maximum Gasteiger partial charge on any atom is 0.251 e. The second kappa shape index (κ2) is 9.92. The summed E-state index contributed by atoms with van der Waals surface area (Å²) in [5, 5.41) is 6.05. The lowest BCUT2D eigenvalue weighted by molar-refractivity contribution is 0.0954. The first kappa shape index (κ1) is 16.9. The third-order valence-electron chi connectivity index (χ3n) is 2.59. The molecule has 0 heterocycles. The van der Waals surface area contributed by atoms with E-state index in [1.165, 1.54) is 5.56 Å². The molecule has 1 amide bonds. The number of likely N-dealkylation sites (N-methyl/N-ethyl adjacent to an activating group) is 1. The molecular weight excluding hydrogens is 248 g/mol. The Morgan fingerprint density at radius 2 is 1.78 bits per heavy atom. The van der Waals surface area contributed by atoms with Gasteiger partial charge in [0.15, 0.2) is 0 Å². The summed E-state index contributed by atoms with van der Waals surface area (Å²) in [7, 11) is 0. The molecule has 18 heavy (non-hydrogen) atoms. The number of rotatable bonds is 7. The number of carbonyl (C=O) groups is 1. The van der Waals surface area contributed by atoms with Crippen LogP contribution in [0.1, 0.15) is 36.2 Å². The van der Waals surface area contributed by atoms with Crippen LogP contribution in [-0.2, 0) is 6.42 Å². The Hall–Kier alpha value is -1.06. The van der Waals surface area contributed by atoms with Crippen molar-refractivity contribution in [2.24, 2.45) is 0 Å². The van der Waals surface area contributed by atoms with E-state index in [1.807, 2.05) is 31.2 Å². The summed E-state index contributed by atoms with van der Waals surface area (Å²) in [6.45, 7) is 6.62. The van der Waals surface area contributed by atoms with Gasteiger partial charge in [0.2, 0.25) is 0 Å². The van der Waals surface area contributed by atoms with E-state index in [9.17, 15) is 4.79 Å². The first-order valence-electron chi connectivity index (χ1n) is 6.35. The molecule has 2 N–H and O–H groups in total. The van der Waals surface area contributed by atoms with Gasteiger partial charge >= 0.3 is 0 Å². The van der Waals surface area contributed by atoms with Crippen molar-refractivity contribution in [2.75, 3.05) is 19.6 Å². The normalized spacial score (nSPS) is 9.67. The van der Waals surface area contributed by atoms with Gasteiger partial charge < -0.3 is 10.6 Å². The molecule has 0 spiro atoms. The Bertz CT molecular complexity index is 338. The summed E-state index contributed by atoms with van der Waals surface area (Å²) in [4.78, 5) is 11.7. The third-order valence-corrected chi connectivity index (χ3v) is 2.59. The summed E-state index contributed by atoms with van der Waals surface area (Å²) in [5.41, 5.74) is 2.03. The third kappa shape index (κ3) is 6.03. The molecule has 0 radical (unpaired) electrons. The number of nitrogens with one attached hydrogen (secondary N) is 2. The predicted octanol–water partition coefficient (Wildman–Crippen LogP) is 2.40. The van der Waals surface area contributed by atoms with Gasteiger partial charge in [-0.05, 0) is 30.7 Å². The molecular formula is C14H23ClN2O. The van der Waals surface area contributed by atoms with Crippen LogP contribution in [0.2, 0.25) is 0 Å². The quantitative estimate of drug-likeness (QED) is 0.747. The van der Waals surface area contributed by atoms with E-state index in [1.54, 1.807) is 0 Å². The number of halogens is 1. The number of aryl methyl sites for hydroxylation is 1. The van der Waals surface area contributed by atoms with Gasteiger partial charge in [-0.25, -0.2) is 0 Å². The van der Waals surface area contributed by atoms with E-state index < -0.39 is 0 Å². The van der Waals surface area contributed by atoms with Crippen molar-refractivity contribution < 1.29 is 4.79 Å². The number of benzene rings is 1. The molecule has 3 nitrogen and oxygen atoms in total. The molecule has 0 bridgehead atoms. The summed E-state index contributed by atoms with van der Waals surface area (Å²) < 4.78 is 0. The first-order chi connectivity index (χ1) is 8.27. The van der Waals surface area contributed by atoms with Crippen molar-refractivity contribution in [1.82, 2.24) is 10.6 Å². The molecule has 0 unspecified atom stereocenters. The molecule has 1 rings (SSSR count). The van der Waals surface area contributed by atoms with Crippen LogP contribution in [0.5, 0.6) is 0 Å². The Morgan fingerprint density at radius 3 is 2.33 bits per heavy atom. The Kier molecular flexibility index (Phi) is 9.33. The summed E-state index contributed by atoms with van der Waals surface area (Å²) in [6, 6.07) is 7.85. The highest BCUT2D eigenvalue weighted by molar-refractivity contribution is 5.94. The molecule has 0 aliphatic carbocycles. The number of hydrogen-bond donors (Lipinski definition) is 2. The maximum atomic E-state index is 11.7. The highest BCUT2D eigenvalue weighted by atomic mass is 35.5. The lowest BCUT2D eigenvalue weighted by Crippen LogP contribution is -2.31. The molecule has 0 aromatic heterocycles. The van der Waals surface area contributed by atoms with Crippen molar-refractivity contribution in [1.29, 1.82) is 0 Å². The van der Waals surface area contributed by atoms with Crippen molar-refractivity contribution in [3.63, 3.8) is 0 Å². The molecule has 1 aromatic carbocycles. The van der Waals surface area contributed by atoms with Crippen LogP contribution in [0.25, 0.3) is 0 Å². The van der Waals surface area contributed by atoms with Crippen LogP contribution in [0.4, 0.5) is 0 Å². The van der Waals surface area contributed by atoms with Crippen molar-refractivity contribution in [2.45, 2.75) is 26.7 Å². The molecule has 102 valence electrons. The maximum absolute atomic E-state index is 11.7. The van der Waals surface area contributed by atoms with Crippen LogP contribution >= 0.6 is 12.4 Å². The second-order valence-corrected chi connectivity index (χ2v) is 4.06. The van der Waals surface area contributed by atoms with Gasteiger partial charge in [0.05, 0.1) is 0 Å². The Morgan fingerprint density at radius 1 is 1.11 bits per heavy atom. The lowest BCUT2D eigenvalue weighted by Gasteiger charge is -2.06. The summed E-state index contributed by atoms with van der Waals surface area (Å²) >= 11 is 0. The van der Waals surface area contributed by atoms with Crippen molar-refractivity contribution >= 4 is 18.3 Å². The molecule has 1 aromatic rings. The van der Waals surface area contributed by atoms with E-state index >= 15 is 0 Å². The first-order valence-corrected chi connectivity index (χ1v) is 6.35. The Balaban J connectivity index is 0.00000289. The van der Waals surface area contributed by atoms with Gasteiger partial charge in [-0.2, -0.15) is 0 Å². The van der Waals surface area contributed by atoms with Gasteiger partial charge in [-0.15, -0.1) is 12.4 Å². The van der Waals surface area contributed by atoms with Crippen molar-refractivity contribution in [3.8, 4) is 0 Å². The van der Waals surface area contributed by atoms with E-state index in [-0.39, 0.29) is 18.3 Å². The van der Waals surface area contributed by atoms with Crippen LogP contribution in [-0.4, -0.2) is 25.5 Å². The van der Waals surface area contributed by atoms with Gasteiger partial charge in [0.1, 0.15) is 0 Å². The Labute approximate surface area is 116 Å². The highest BCUT2D eigenvalue weighted by Gasteiger charge is 2.03. The molecule has 0 saturated heterocycles. The van der Waals surface area contributed by atoms with Crippen LogP contribution in [0.15, 0.2) is 24.3 Å². The molecule has 0 atom stereocenters. The average molecular weight is 271 g/mol. The van der Waals surface area contributed by atoms with Gasteiger partial charge in [-0.3, -0.25) is 4.79 Å². The van der Waals surface area contributed by atoms with E-state index in [4.69, 9.17) is 0 Å². The predicted molar refractivity (Wildman–Crippen MR) is 78.6 cm³/mol. The van der Waals surface area contributed by atoms with Crippen LogP contribution < -0.4 is 10.6 Å². The van der Waals surface area contributed by atoms with Gasteiger partial charge in [0, 0.05) is 18.7 Å². The fraction of sp³-hybridized carbons (Fsp3) is 0.500. The molecule has 4 heteroatoms. The number of carbonyl (C=O) groups excluding carboxylic acids is 1. The van der Waals surface area contributed by atoms with Crippen molar-refractivity contribution in [3.05, 3.63) is 35.4 Å². The van der Waals surface area contributed by atoms with E-state index in [2.05, 4.69) is 17.6 Å². The average Bonchev–Trinajstić information content (AvgIpc) is 2.36. The monoisotopic (exact) mass is 270 g/mol.